The standard InChI is InChI=1S/C32H31F2NO3/c1-22(30-20-31(30)35(23(2)36)32(37)38-21-24-9-4-3-5-10-24)8-6-7-11-29(25-12-16-27(33)17-13-25)26-14-18-28(34)19-15-26/h3-5,8-10,12-20,29-30H,6-7,11,21H2,1-2H3. The Morgan fingerprint density at radius 3 is 2.03 bits per heavy atom. The van der Waals surface area contributed by atoms with Crippen LogP contribution in [0.3, 0.4) is 0 Å². The maximum absolute atomic E-state index is 13.5. The molecule has 0 N–H and O–H groups in total. The molecule has 38 heavy (non-hydrogen) atoms. The van der Waals surface area contributed by atoms with Crippen LogP contribution in [0.15, 0.2) is 102 Å². The molecular weight excluding hydrogens is 484 g/mol. The maximum Gasteiger partial charge on any atom is 0.421 e. The number of allylic oxidation sites excluding steroid dienone is 3. The fourth-order valence-electron chi connectivity index (χ4n) is 4.60. The molecule has 0 bridgehead atoms. The van der Waals surface area contributed by atoms with E-state index in [2.05, 4.69) is 6.08 Å². The van der Waals surface area contributed by atoms with E-state index in [1.165, 1.54) is 31.2 Å². The van der Waals surface area contributed by atoms with Gasteiger partial charge in [-0.3, -0.25) is 4.79 Å². The van der Waals surface area contributed by atoms with Crippen molar-refractivity contribution in [3.05, 3.63) is 131 Å². The molecule has 0 radical (unpaired) electrons. The molecule has 196 valence electrons. The van der Waals surface area contributed by atoms with Gasteiger partial charge in [-0.05, 0) is 67.1 Å². The number of benzene rings is 3. The first kappa shape index (κ1) is 27.0. The van der Waals surface area contributed by atoms with E-state index in [4.69, 9.17) is 4.74 Å². The molecule has 4 rings (SSSR count). The van der Waals surface area contributed by atoms with Gasteiger partial charge in [0, 0.05) is 24.5 Å². The zero-order valence-corrected chi connectivity index (χ0v) is 21.6. The van der Waals surface area contributed by atoms with Crippen molar-refractivity contribution in [2.45, 2.75) is 45.6 Å². The third-order valence-electron chi connectivity index (χ3n) is 6.71. The highest BCUT2D eigenvalue weighted by Crippen LogP contribution is 2.39. The van der Waals surface area contributed by atoms with Crippen LogP contribution in [0.1, 0.15) is 55.7 Å². The van der Waals surface area contributed by atoms with Crippen LogP contribution in [0.2, 0.25) is 0 Å². The molecule has 0 saturated heterocycles. The molecule has 1 atom stereocenters. The van der Waals surface area contributed by atoms with Gasteiger partial charge in [0.2, 0.25) is 5.91 Å². The first-order valence-corrected chi connectivity index (χ1v) is 12.7. The summed E-state index contributed by atoms with van der Waals surface area (Å²) in [6, 6.07) is 22.2. The van der Waals surface area contributed by atoms with Crippen LogP contribution >= 0.6 is 0 Å². The summed E-state index contributed by atoms with van der Waals surface area (Å²) in [6.07, 6.45) is 5.78. The van der Waals surface area contributed by atoms with Gasteiger partial charge in [-0.1, -0.05) is 72.3 Å². The molecule has 6 heteroatoms. The Balaban J connectivity index is 1.33. The lowest BCUT2D eigenvalue weighted by molar-refractivity contribution is -0.125. The van der Waals surface area contributed by atoms with Crippen LogP contribution in [0.5, 0.6) is 0 Å². The Morgan fingerprint density at radius 2 is 1.47 bits per heavy atom. The SMILES string of the molecule is CC(=O)N(C(=O)OCc1ccccc1)C1=CC1C(C)=CCCCC(c1ccc(F)cc1)c1ccc(F)cc1. The molecule has 1 aliphatic carbocycles. The minimum absolute atomic E-state index is 0.0205. The minimum atomic E-state index is -0.677. The monoisotopic (exact) mass is 515 g/mol. The zero-order chi connectivity index (χ0) is 27.1. The van der Waals surface area contributed by atoms with E-state index in [-0.39, 0.29) is 36.0 Å². The molecule has 4 nitrogen and oxygen atoms in total. The Kier molecular flexibility index (Phi) is 8.85. The number of ether oxygens (including phenoxy) is 1. The van der Waals surface area contributed by atoms with E-state index in [9.17, 15) is 18.4 Å². The lowest BCUT2D eigenvalue weighted by Gasteiger charge is -2.18. The summed E-state index contributed by atoms with van der Waals surface area (Å²) in [7, 11) is 0. The van der Waals surface area contributed by atoms with Crippen molar-refractivity contribution < 1.29 is 23.1 Å². The first-order chi connectivity index (χ1) is 18.3. The highest BCUT2D eigenvalue weighted by molar-refractivity contribution is 5.94. The second-order valence-corrected chi connectivity index (χ2v) is 9.50. The molecule has 2 amide bonds. The van der Waals surface area contributed by atoms with E-state index in [0.717, 1.165) is 46.4 Å². The number of hydrogen-bond acceptors (Lipinski definition) is 3. The summed E-state index contributed by atoms with van der Waals surface area (Å²) in [5.74, 6) is -1.02. The number of carbonyl (C=O) groups is 2. The van der Waals surface area contributed by atoms with Crippen LogP contribution in [0.4, 0.5) is 13.6 Å². The summed E-state index contributed by atoms with van der Waals surface area (Å²) in [6.45, 7) is 3.43. The predicted octanol–water partition coefficient (Wildman–Crippen LogP) is 7.91. The summed E-state index contributed by atoms with van der Waals surface area (Å²) in [4.78, 5) is 25.9. The number of nitrogens with zero attached hydrogens (tertiary/aromatic N) is 1. The topological polar surface area (TPSA) is 46.6 Å². The van der Waals surface area contributed by atoms with Gasteiger partial charge >= 0.3 is 6.09 Å². The van der Waals surface area contributed by atoms with Gasteiger partial charge in [-0.25, -0.2) is 18.5 Å². The number of amides is 2. The summed E-state index contributed by atoms with van der Waals surface area (Å²) in [5.41, 5.74) is 4.51. The van der Waals surface area contributed by atoms with Crippen LogP contribution in [0.25, 0.3) is 0 Å². The van der Waals surface area contributed by atoms with Gasteiger partial charge in [0.15, 0.2) is 0 Å². The van der Waals surface area contributed by atoms with Gasteiger partial charge in [0.1, 0.15) is 18.2 Å². The van der Waals surface area contributed by atoms with E-state index in [1.54, 1.807) is 24.3 Å². The van der Waals surface area contributed by atoms with Crippen molar-refractivity contribution in [2.75, 3.05) is 0 Å². The lowest BCUT2D eigenvalue weighted by atomic mass is 9.87. The second-order valence-electron chi connectivity index (χ2n) is 9.50. The average Bonchev–Trinajstić information content (AvgIpc) is 3.69. The third kappa shape index (κ3) is 7.03. The Hall–Kier alpha value is -4.06. The van der Waals surface area contributed by atoms with Gasteiger partial charge in [0.05, 0.1) is 0 Å². The minimum Gasteiger partial charge on any atom is -0.444 e. The molecule has 0 aliphatic heterocycles. The summed E-state index contributed by atoms with van der Waals surface area (Å²) in [5, 5.41) is 0. The first-order valence-electron chi connectivity index (χ1n) is 12.7. The summed E-state index contributed by atoms with van der Waals surface area (Å²) >= 11 is 0. The van der Waals surface area contributed by atoms with Crippen molar-refractivity contribution in [2.24, 2.45) is 5.92 Å². The molecule has 3 aromatic carbocycles. The van der Waals surface area contributed by atoms with E-state index in [0.29, 0.717) is 5.70 Å². The van der Waals surface area contributed by atoms with Gasteiger partial charge < -0.3 is 4.74 Å². The van der Waals surface area contributed by atoms with Crippen LogP contribution in [0, 0.1) is 17.6 Å². The molecule has 0 aromatic heterocycles. The van der Waals surface area contributed by atoms with E-state index < -0.39 is 6.09 Å². The van der Waals surface area contributed by atoms with Crippen molar-refractivity contribution in [1.82, 2.24) is 4.90 Å². The maximum atomic E-state index is 13.5. The second kappa shape index (κ2) is 12.5. The van der Waals surface area contributed by atoms with Crippen LogP contribution in [-0.4, -0.2) is 16.9 Å². The van der Waals surface area contributed by atoms with Gasteiger partial charge in [-0.2, -0.15) is 0 Å². The normalized spacial score (nSPS) is 14.7. The van der Waals surface area contributed by atoms with Crippen molar-refractivity contribution in [3.8, 4) is 0 Å². The van der Waals surface area contributed by atoms with Crippen LogP contribution in [-0.2, 0) is 16.1 Å². The lowest BCUT2D eigenvalue weighted by Crippen LogP contribution is -2.33. The Morgan fingerprint density at radius 1 is 0.895 bits per heavy atom. The quantitative estimate of drug-likeness (QED) is 0.204. The number of hydrogen-bond donors (Lipinski definition) is 0. The van der Waals surface area contributed by atoms with Crippen LogP contribution < -0.4 is 0 Å². The largest absolute Gasteiger partial charge is 0.444 e. The van der Waals surface area contributed by atoms with Crippen molar-refractivity contribution in [3.63, 3.8) is 0 Å². The fraction of sp³-hybridized carbons (Fsp3) is 0.250. The number of unbranched alkanes of at least 4 members (excludes halogenated alkanes) is 1. The Bertz CT molecular complexity index is 1270. The third-order valence-corrected chi connectivity index (χ3v) is 6.71. The molecule has 1 unspecified atom stereocenters. The van der Waals surface area contributed by atoms with Gasteiger partial charge in [-0.15, -0.1) is 0 Å². The highest BCUT2D eigenvalue weighted by atomic mass is 19.1. The predicted molar refractivity (Wildman–Crippen MR) is 143 cm³/mol. The van der Waals surface area contributed by atoms with Crippen molar-refractivity contribution in [1.29, 1.82) is 0 Å². The summed E-state index contributed by atoms with van der Waals surface area (Å²) < 4.78 is 32.3. The number of carbonyl (C=O) groups excluding carboxylic acids is 2. The number of halogens is 2. The molecule has 0 fully saturated rings. The fourth-order valence-corrected chi connectivity index (χ4v) is 4.60. The smallest absolute Gasteiger partial charge is 0.421 e. The number of rotatable bonds is 10. The molecule has 1 aliphatic rings. The van der Waals surface area contributed by atoms with E-state index in [1.807, 2.05) is 43.3 Å². The van der Waals surface area contributed by atoms with Gasteiger partial charge in [0.25, 0.3) is 0 Å². The highest BCUT2D eigenvalue weighted by Gasteiger charge is 2.37. The zero-order valence-electron chi connectivity index (χ0n) is 21.6. The van der Waals surface area contributed by atoms with E-state index >= 15 is 0 Å². The molecule has 3 aromatic rings. The molecule has 0 spiro atoms. The Labute approximate surface area is 222 Å². The molecule has 0 heterocycles. The molecule has 0 saturated carbocycles. The average molecular weight is 516 g/mol. The molecular formula is C32H31F2NO3. The van der Waals surface area contributed by atoms with Crippen molar-refractivity contribution >= 4 is 12.0 Å². The number of imide groups is 1.